The van der Waals surface area contributed by atoms with Crippen LogP contribution in [0.1, 0.15) is 25.3 Å². The first-order chi connectivity index (χ1) is 9.28. The molecular weight excluding hydrogens is 238 g/mol. The van der Waals surface area contributed by atoms with Gasteiger partial charge in [0.25, 0.3) is 0 Å². The molecule has 0 bridgehead atoms. The van der Waals surface area contributed by atoms with Crippen LogP contribution < -0.4 is 10.4 Å². The lowest BCUT2D eigenvalue weighted by atomic mass is 10.1. The maximum atomic E-state index is 12.1. The lowest BCUT2D eigenvalue weighted by Crippen LogP contribution is -2.51. The van der Waals surface area contributed by atoms with Gasteiger partial charge >= 0.3 is 0 Å². The molecule has 0 spiro atoms. The van der Waals surface area contributed by atoms with E-state index in [0.717, 1.165) is 43.7 Å². The van der Waals surface area contributed by atoms with Crippen LogP contribution in [-0.2, 0) is 11.2 Å². The molecular formula is C15H21N3O. The standard InChI is InChI=1S/C15H21N3O/c1-2-17-9-7-13(8-10-17)16-18-14-6-4-3-5-12(14)11-15(18)19/h3-6,13,16H,2,7-11H2,1H3. The summed E-state index contributed by atoms with van der Waals surface area (Å²) in [7, 11) is 0. The topological polar surface area (TPSA) is 35.6 Å². The third-order valence-corrected chi connectivity index (χ3v) is 4.17. The number of rotatable bonds is 3. The monoisotopic (exact) mass is 259 g/mol. The molecule has 1 N–H and O–H groups in total. The van der Waals surface area contributed by atoms with Crippen molar-refractivity contribution in [2.24, 2.45) is 0 Å². The highest BCUT2D eigenvalue weighted by molar-refractivity contribution is 6.00. The Morgan fingerprint density at radius 3 is 2.74 bits per heavy atom. The Labute approximate surface area is 114 Å². The number of nitrogens with zero attached hydrogens (tertiary/aromatic N) is 2. The van der Waals surface area contributed by atoms with Crippen molar-refractivity contribution in [2.75, 3.05) is 24.6 Å². The molecule has 4 nitrogen and oxygen atoms in total. The minimum Gasteiger partial charge on any atom is -0.303 e. The van der Waals surface area contributed by atoms with Crippen LogP contribution in [0.15, 0.2) is 24.3 Å². The molecule has 0 radical (unpaired) electrons. The van der Waals surface area contributed by atoms with Gasteiger partial charge in [-0.05, 0) is 44.1 Å². The number of piperidine rings is 1. The van der Waals surface area contributed by atoms with Gasteiger partial charge in [0.15, 0.2) is 0 Å². The fourth-order valence-corrected chi connectivity index (χ4v) is 2.96. The van der Waals surface area contributed by atoms with Crippen LogP contribution in [0.2, 0.25) is 0 Å². The van der Waals surface area contributed by atoms with Gasteiger partial charge in [0.2, 0.25) is 5.91 Å². The van der Waals surface area contributed by atoms with Crippen LogP contribution in [0.5, 0.6) is 0 Å². The van der Waals surface area contributed by atoms with Crippen LogP contribution >= 0.6 is 0 Å². The Morgan fingerprint density at radius 1 is 1.26 bits per heavy atom. The summed E-state index contributed by atoms with van der Waals surface area (Å²) < 4.78 is 0. The summed E-state index contributed by atoms with van der Waals surface area (Å²) in [4.78, 5) is 14.5. The summed E-state index contributed by atoms with van der Waals surface area (Å²) in [6, 6.07) is 8.46. The number of nitrogens with one attached hydrogen (secondary N) is 1. The van der Waals surface area contributed by atoms with E-state index < -0.39 is 0 Å². The van der Waals surface area contributed by atoms with Crippen LogP contribution in [0.4, 0.5) is 5.69 Å². The molecule has 1 aromatic carbocycles. The molecule has 1 amide bonds. The number of likely N-dealkylation sites (tertiary alicyclic amines) is 1. The van der Waals surface area contributed by atoms with Crippen molar-refractivity contribution in [1.82, 2.24) is 10.3 Å². The van der Waals surface area contributed by atoms with E-state index in [-0.39, 0.29) is 5.91 Å². The molecule has 0 aromatic heterocycles. The van der Waals surface area contributed by atoms with Crippen molar-refractivity contribution < 1.29 is 4.79 Å². The van der Waals surface area contributed by atoms with Gasteiger partial charge in [0, 0.05) is 6.04 Å². The van der Waals surface area contributed by atoms with Gasteiger partial charge in [0.05, 0.1) is 12.1 Å². The van der Waals surface area contributed by atoms with Crippen molar-refractivity contribution >= 4 is 11.6 Å². The first kappa shape index (κ1) is 12.6. The number of anilines is 1. The Bertz CT molecular complexity index is 466. The third-order valence-electron chi connectivity index (χ3n) is 4.17. The summed E-state index contributed by atoms with van der Waals surface area (Å²) in [6.07, 6.45) is 2.75. The normalized spacial score (nSPS) is 20.9. The summed E-state index contributed by atoms with van der Waals surface area (Å²) in [5.74, 6) is 0.166. The average Bonchev–Trinajstić information content (AvgIpc) is 2.76. The Hall–Kier alpha value is -1.39. The molecule has 1 aromatic rings. The molecule has 0 saturated carbocycles. The third kappa shape index (κ3) is 2.51. The number of carbonyl (C=O) groups is 1. The largest absolute Gasteiger partial charge is 0.303 e. The fourth-order valence-electron chi connectivity index (χ4n) is 2.96. The summed E-state index contributed by atoms with van der Waals surface area (Å²) in [5.41, 5.74) is 5.59. The fraction of sp³-hybridized carbons (Fsp3) is 0.533. The van der Waals surface area contributed by atoms with E-state index in [1.54, 1.807) is 5.01 Å². The van der Waals surface area contributed by atoms with E-state index in [4.69, 9.17) is 0 Å². The minimum absolute atomic E-state index is 0.166. The maximum absolute atomic E-state index is 12.1. The van der Waals surface area contributed by atoms with Crippen molar-refractivity contribution in [3.8, 4) is 0 Å². The number of hydrogen-bond donors (Lipinski definition) is 1. The highest BCUT2D eigenvalue weighted by Gasteiger charge is 2.29. The number of amides is 1. The van der Waals surface area contributed by atoms with E-state index in [2.05, 4.69) is 17.2 Å². The summed E-state index contributed by atoms with van der Waals surface area (Å²) in [5, 5.41) is 1.77. The molecule has 102 valence electrons. The lowest BCUT2D eigenvalue weighted by molar-refractivity contribution is -0.118. The minimum atomic E-state index is 0.166. The van der Waals surface area contributed by atoms with E-state index in [9.17, 15) is 4.79 Å². The van der Waals surface area contributed by atoms with Crippen molar-refractivity contribution in [2.45, 2.75) is 32.2 Å². The average molecular weight is 259 g/mol. The molecule has 4 heteroatoms. The molecule has 0 aliphatic carbocycles. The molecule has 1 fully saturated rings. The number of carbonyl (C=O) groups excluding carboxylic acids is 1. The SMILES string of the molecule is CCN1CCC(NN2C(=O)Cc3ccccc32)CC1. The molecule has 2 aliphatic heterocycles. The van der Waals surface area contributed by atoms with Crippen molar-refractivity contribution in [3.05, 3.63) is 29.8 Å². The van der Waals surface area contributed by atoms with Gasteiger partial charge < -0.3 is 4.90 Å². The Morgan fingerprint density at radius 2 is 2.00 bits per heavy atom. The predicted molar refractivity (Wildman–Crippen MR) is 75.9 cm³/mol. The first-order valence-corrected chi connectivity index (χ1v) is 7.17. The smallest absolute Gasteiger partial charge is 0.245 e. The zero-order chi connectivity index (χ0) is 13.2. The Kier molecular flexibility index (Phi) is 3.53. The molecule has 0 atom stereocenters. The zero-order valence-corrected chi connectivity index (χ0v) is 11.4. The van der Waals surface area contributed by atoms with Crippen LogP contribution in [0, 0.1) is 0 Å². The Balaban J connectivity index is 1.66. The second kappa shape index (κ2) is 5.31. The van der Waals surface area contributed by atoms with Crippen LogP contribution in [0.25, 0.3) is 0 Å². The van der Waals surface area contributed by atoms with Gasteiger partial charge in [-0.15, -0.1) is 0 Å². The summed E-state index contributed by atoms with van der Waals surface area (Å²) in [6.45, 7) is 5.57. The van der Waals surface area contributed by atoms with Gasteiger partial charge in [-0.2, -0.15) is 0 Å². The molecule has 19 heavy (non-hydrogen) atoms. The van der Waals surface area contributed by atoms with E-state index in [1.807, 2.05) is 24.3 Å². The van der Waals surface area contributed by atoms with Gasteiger partial charge in [-0.25, -0.2) is 10.4 Å². The number of hydrogen-bond acceptors (Lipinski definition) is 3. The van der Waals surface area contributed by atoms with Gasteiger partial charge in [-0.1, -0.05) is 25.1 Å². The van der Waals surface area contributed by atoms with Crippen LogP contribution in [0.3, 0.4) is 0 Å². The summed E-state index contributed by atoms with van der Waals surface area (Å²) >= 11 is 0. The number of fused-ring (bicyclic) bond motifs is 1. The second-order valence-electron chi connectivity index (χ2n) is 5.37. The van der Waals surface area contributed by atoms with Crippen molar-refractivity contribution in [3.63, 3.8) is 0 Å². The highest BCUT2D eigenvalue weighted by atomic mass is 16.2. The van der Waals surface area contributed by atoms with Crippen LogP contribution in [-0.4, -0.2) is 36.5 Å². The number of hydrazine groups is 1. The van der Waals surface area contributed by atoms with E-state index in [1.165, 1.54) is 0 Å². The van der Waals surface area contributed by atoms with Crippen molar-refractivity contribution in [1.29, 1.82) is 0 Å². The number of benzene rings is 1. The molecule has 0 unspecified atom stereocenters. The predicted octanol–water partition coefficient (Wildman–Crippen LogP) is 1.56. The quantitative estimate of drug-likeness (QED) is 0.895. The highest BCUT2D eigenvalue weighted by Crippen LogP contribution is 2.27. The first-order valence-electron chi connectivity index (χ1n) is 7.17. The van der Waals surface area contributed by atoms with Gasteiger partial charge in [0.1, 0.15) is 0 Å². The molecule has 2 heterocycles. The lowest BCUT2D eigenvalue weighted by Gasteiger charge is -2.34. The zero-order valence-electron chi connectivity index (χ0n) is 11.4. The molecule has 1 saturated heterocycles. The van der Waals surface area contributed by atoms with Gasteiger partial charge in [-0.3, -0.25) is 4.79 Å². The molecule has 3 rings (SSSR count). The van der Waals surface area contributed by atoms with E-state index in [0.29, 0.717) is 12.5 Å². The second-order valence-corrected chi connectivity index (χ2v) is 5.37. The molecule has 2 aliphatic rings. The van der Waals surface area contributed by atoms with E-state index >= 15 is 0 Å². The number of para-hydroxylation sites is 1. The maximum Gasteiger partial charge on any atom is 0.245 e.